The van der Waals surface area contributed by atoms with Gasteiger partial charge in [0.15, 0.2) is 0 Å². The lowest BCUT2D eigenvalue weighted by atomic mass is 9.70. The molecule has 13 rings (SSSR count). The maximum atomic E-state index is 5.19. The zero-order chi connectivity index (χ0) is 44.3. The van der Waals surface area contributed by atoms with Gasteiger partial charge < -0.3 is 0 Å². The normalized spacial score (nSPS) is 12.6. The Kier molecular flexibility index (Phi) is 9.15. The van der Waals surface area contributed by atoms with E-state index in [0.29, 0.717) is 0 Å². The molecule has 1 aromatic heterocycles. The van der Waals surface area contributed by atoms with E-state index in [1.807, 2.05) is 0 Å². The van der Waals surface area contributed by atoms with Crippen molar-refractivity contribution in [3.05, 3.63) is 283 Å². The van der Waals surface area contributed by atoms with Gasteiger partial charge in [-0.2, -0.15) is 0 Å². The lowest BCUT2D eigenvalue weighted by Crippen LogP contribution is -2.25. The predicted molar refractivity (Wildman–Crippen MR) is 279 cm³/mol. The van der Waals surface area contributed by atoms with Crippen LogP contribution in [0, 0.1) is 0 Å². The van der Waals surface area contributed by atoms with Crippen LogP contribution in [0.4, 0.5) is 0 Å². The fraction of sp³-hybridized carbons (Fsp3) is 0.0152. The number of fused-ring (bicyclic) bond motifs is 10. The van der Waals surface area contributed by atoms with Crippen LogP contribution >= 0.6 is 0 Å². The third-order valence-electron chi connectivity index (χ3n) is 14.2. The van der Waals surface area contributed by atoms with E-state index in [1.54, 1.807) is 0 Å². The van der Waals surface area contributed by atoms with E-state index in [1.165, 1.54) is 89.0 Å². The first-order chi connectivity index (χ1) is 33.2. The second-order valence-electron chi connectivity index (χ2n) is 17.8. The maximum Gasteiger partial charge on any atom is 0.0725 e. The summed E-state index contributed by atoms with van der Waals surface area (Å²) in [6.07, 6.45) is 0. The quantitative estimate of drug-likeness (QED) is 0.156. The van der Waals surface area contributed by atoms with Gasteiger partial charge >= 0.3 is 0 Å². The summed E-state index contributed by atoms with van der Waals surface area (Å²) in [7, 11) is 0. The SMILES string of the molecule is c1ccc(-c2ccc(-c3cc4c(cc3-c3ccc(-c5ccc(-c6cc(-c7ccccc7)cc(-c7ccccc7)n6)cc5)cc3)C3(c5ccccc5-c5ccccc53)c3ccccc3-4)cc2)cc1. The van der Waals surface area contributed by atoms with E-state index < -0.39 is 5.41 Å². The Morgan fingerprint density at radius 2 is 0.507 bits per heavy atom. The fourth-order valence-corrected chi connectivity index (χ4v) is 11.0. The minimum absolute atomic E-state index is 0.428. The average Bonchev–Trinajstić information content (AvgIpc) is 3.88. The minimum Gasteiger partial charge on any atom is -0.248 e. The summed E-state index contributed by atoms with van der Waals surface area (Å²) >= 11 is 0. The lowest BCUT2D eigenvalue weighted by Gasteiger charge is -2.31. The molecule has 10 aromatic carbocycles. The van der Waals surface area contributed by atoms with Gasteiger partial charge in [-0.3, -0.25) is 0 Å². The van der Waals surface area contributed by atoms with E-state index in [4.69, 9.17) is 4.98 Å². The first kappa shape index (κ1) is 38.8. The number of nitrogens with zero attached hydrogens (tertiary/aromatic N) is 1. The summed E-state index contributed by atoms with van der Waals surface area (Å²) < 4.78 is 0. The number of aromatic nitrogens is 1. The molecule has 0 atom stereocenters. The van der Waals surface area contributed by atoms with Gasteiger partial charge in [0, 0.05) is 11.1 Å². The van der Waals surface area contributed by atoms with Crippen LogP contribution < -0.4 is 0 Å². The summed E-state index contributed by atoms with van der Waals surface area (Å²) in [5.41, 5.74) is 26.2. The van der Waals surface area contributed by atoms with Crippen molar-refractivity contribution in [1.29, 1.82) is 0 Å². The van der Waals surface area contributed by atoms with E-state index in [0.717, 1.165) is 33.6 Å². The Morgan fingerprint density at radius 1 is 0.194 bits per heavy atom. The number of pyridine rings is 1. The minimum atomic E-state index is -0.428. The van der Waals surface area contributed by atoms with E-state index in [-0.39, 0.29) is 0 Å². The van der Waals surface area contributed by atoms with Gasteiger partial charge in [0.05, 0.1) is 16.8 Å². The second-order valence-corrected chi connectivity index (χ2v) is 17.8. The molecule has 312 valence electrons. The summed E-state index contributed by atoms with van der Waals surface area (Å²) in [6, 6.07) is 95.5. The molecule has 11 aromatic rings. The van der Waals surface area contributed by atoms with Crippen molar-refractivity contribution in [1.82, 2.24) is 4.98 Å². The molecular weight excluding hydrogens is 807 g/mol. The molecule has 0 aliphatic heterocycles. The number of hydrogen-bond donors (Lipinski definition) is 0. The molecule has 0 unspecified atom stereocenters. The molecular formula is C66H43N. The van der Waals surface area contributed by atoms with E-state index >= 15 is 0 Å². The largest absolute Gasteiger partial charge is 0.248 e. The average molecular weight is 850 g/mol. The molecule has 0 amide bonds. The van der Waals surface area contributed by atoms with Crippen molar-refractivity contribution in [2.24, 2.45) is 0 Å². The van der Waals surface area contributed by atoms with Gasteiger partial charge in [-0.15, -0.1) is 0 Å². The monoisotopic (exact) mass is 849 g/mol. The third kappa shape index (κ3) is 6.35. The molecule has 1 heterocycles. The van der Waals surface area contributed by atoms with Gasteiger partial charge in [-0.1, -0.05) is 237 Å². The van der Waals surface area contributed by atoms with Crippen LogP contribution in [0.15, 0.2) is 261 Å². The lowest BCUT2D eigenvalue weighted by molar-refractivity contribution is 0.794. The van der Waals surface area contributed by atoms with Crippen molar-refractivity contribution in [3.8, 4) is 100 Å². The summed E-state index contributed by atoms with van der Waals surface area (Å²) in [5.74, 6) is 0. The zero-order valence-corrected chi connectivity index (χ0v) is 36.8. The number of benzene rings is 10. The van der Waals surface area contributed by atoms with Crippen molar-refractivity contribution < 1.29 is 0 Å². The van der Waals surface area contributed by atoms with E-state index in [9.17, 15) is 0 Å². The predicted octanol–water partition coefficient (Wildman–Crippen LogP) is 17.1. The van der Waals surface area contributed by atoms with Gasteiger partial charge in [0.25, 0.3) is 0 Å². The molecule has 0 fully saturated rings. The first-order valence-electron chi connectivity index (χ1n) is 23.2. The van der Waals surface area contributed by atoms with Crippen LogP contribution in [0.1, 0.15) is 22.3 Å². The van der Waals surface area contributed by atoms with Gasteiger partial charge in [-0.05, 0) is 124 Å². The molecule has 2 aliphatic carbocycles. The van der Waals surface area contributed by atoms with Crippen molar-refractivity contribution >= 4 is 0 Å². The Balaban J connectivity index is 0.928. The highest BCUT2D eigenvalue weighted by atomic mass is 14.7. The fourth-order valence-electron chi connectivity index (χ4n) is 11.0. The molecule has 0 saturated carbocycles. The van der Waals surface area contributed by atoms with Crippen molar-refractivity contribution in [3.63, 3.8) is 0 Å². The summed E-state index contributed by atoms with van der Waals surface area (Å²) in [5, 5.41) is 0. The topological polar surface area (TPSA) is 12.9 Å². The van der Waals surface area contributed by atoms with Crippen LogP contribution in [0.2, 0.25) is 0 Å². The maximum absolute atomic E-state index is 5.19. The Labute approximate surface area is 392 Å². The highest BCUT2D eigenvalue weighted by molar-refractivity contribution is 5.99. The van der Waals surface area contributed by atoms with Gasteiger partial charge in [-0.25, -0.2) is 4.98 Å². The second kappa shape index (κ2) is 15.8. The molecule has 1 heteroatoms. The number of rotatable bonds is 7. The van der Waals surface area contributed by atoms with Crippen LogP contribution in [-0.2, 0) is 5.41 Å². The first-order valence-corrected chi connectivity index (χ1v) is 23.2. The van der Waals surface area contributed by atoms with Crippen molar-refractivity contribution in [2.75, 3.05) is 0 Å². The Morgan fingerprint density at radius 3 is 0.970 bits per heavy atom. The van der Waals surface area contributed by atoms with Crippen LogP contribution in [0.25, 0.3) is 100 Å². The molecule has 67 heavy (non-hydrogen) atoms. The zero-order valence-electron chi connectivity index (χ0n) is 36.8. The van der Waals surface area contributed by atoms with Gasteiger partial charge in [0.2, 0.25) is 0 Å². The summed E-state index contributed by atoms with van der Waals surface area (Å²) in [4.78, 5) is 5.19. The standard InChI is InChI=1S/C66H43N/c1-4-16-44(17-5-1)46-28-34-49(35-29-46)57-42-59-56-24-12-15-27-62(56)66(60-25-13-10-22-54(60)55-23-11-14-26-61(55)66)63(59)43-58(57)50-36-30-47(31-37-50)48-32-38-52(39-33-48)65-41-53(45-18-6-2-7-19-45)40-64(67-65)51-20-8-3-9-21-51/h1-43H. The highest BCUT2D eigenvalue weighted by Gasteiger charge is 2.51. The molecule has 0 radical (unpaired) electrons. The molecule has 0 N–H and O–H groups in total. The van der Waals surface area contributed by atoms with Crippen LogP contribution in [0.3, 0.4) is 0 Å². The van der Waals surface area contributed by atoms with E-state index in [2.05, 4.69) is 261 Å². The van der Waals surface area contributed by atoms with Crippen molar-refractivity contribution in [2.45, 2.75) is 5.41 Å². The Hall–Kier alpha value is -8.65. The smallest absolute Gasteiger partial charge is 0.0725 e. The van der Waals surface area contributed by atoms with Crippen LogP contribution in [0.5, 0.6) is 0 Å². The molecule has 1 nitrogen and oxygen atoms in total. The molecule has 2 aliphatic rings. The molecule has 1 spiro atoms. The summed E-state index contributed by atoms with van der Waals surface area (Å²) in [6.45, 7) is 0. The molecule has 0 saturated heterocycles. The molecule has 0 bridgehead atoms. The highest BCUT2D eigenvalue weighted by Crippen LogP contribution is 2.63. The third-order valence-corrected chi connectivity index (χ3v) is 14.2. The number of hydrogen-bond acceptors (Lipinski definition) is 1. The van der Waals surface area contributed by atoms with Crippen LogP contribution in [-0.4, -0.2) is 4.98 Å². The Bertz CT molecular complexity index is 3520. The van der Waals surface area contributed by atoms with Gasteiger partial charge in [0.1, 0.15) is 0 Å².